The van der Waals surface area contributed by atoms with Gasteiger partial charge in [-0.25, -0.2) is 0 Å². The number of pyridine rings is 1. The van der Waals surface area contributed by atoms with E-state index in [1.165, 1.54) is 4.57 Å². The third-order valence-corrected chi connectivity index (χ3v) is 4.89. The Bertz CT molecular complexity index is 640. The number of amides is 1. The monoisotopic (exact) mass is 319 g/mol. The maximum atomic E-state index is 12.4. The highest BCUT2D eigenvalue weighted by Crippen LogP contribution is 2.25. The minimum atomic E-state index is -0.280. The number of fused-ring (bicyclic) bond motifs is 1. The minimum absolute atomic E-state index is 0.0759. The molecular formula is C17H25N3O3. The normalized spacial score (nSPS) is 27.9. The van der Waals surface area contributed by atoms with Crippen LogP contribution in [0.15, 0.2) is 23.1 Å². The first-order chi connectivity index (χ1) is 11.0. The Labute approximate surface area is 136 Å². The van der Waals surface area contributed by atoms with Gasteiger partial charge < -0.3 is 14.6 Å². The van der Waals surface area contributed by atoms with Gasteiger partial charge in [0, 0.05) is 38.4 Å². The third-order valence-electron chi connectivity index (χ3n) is 4.89. The maximum absolute atomic E-state index is 12.4. The summed E-state index contributed by atoms with van der Waals surface area (Å²) < 4.78 is 7.34. The molecule has 0 saturated carbocycles. The van der Waals surface area contributed by atoms with Crippen molar-refractivity contribution >= 4 is 5.91 Å². The summed E-state index contributed by atoms with van der Waals surface area (Å²) >= 11 is 0. The second kappa shape index (κ2) is 6.45. The molecule has 0 bridgehead atoms. The Morgan fingerprint density at radius 2 is 2.17 bits per heavy atom. The first-order valence-electron chi connectivity index (χ1n) is 8.28. The van der Waals surface area contributed by atoms with E-state index in [1.54, 1.807) is 25.4 Å². The third kappa shape index (κ3) is 3.33. The number of carbonyl (C=O) groups excluding carboxylic acids is 1. The van der Waals surface area contributed by atoms with Gasteiger partial charge in [-0.3, -0.25) is 14.5 Å². The molecule has 2 aliphatic rings. The molecule has 0 radical (unpaired) electrons. The standard InChI is InChI=1S/C17H25N3O3/c1-11(2)15-9-20-8-12(7-13(20)10-23-15)18-16(21)14-5-4-6-19(3)17(14)22/h4-6,11-13,15H,7-10H2,1-3H3,(H,18,21)/t12-,13+,15+/m1/s1. The van der Waals surface area contributed by atoms with Crippen molar-refractivity contribution < 1.29 is 9.53 Å². The van der Waals surface area contributed by atoms with Crippen LogP contribution in [-0.4, -0.2) is 53.3 Å². The van der Waals surface area contributed by atoms with E-state index in [1.807, 2.05) is 0 Å². The molecule has 2 fully saturated rings. The molecule has 0 unspecified atom stereocenters. The first kappa shape index (κ1) is 16.2. The van der Waals surface area contributed by atoms with Crippen molar-refractivity contribution in [1.29, 1.82) is 0 Å². The van der Waals surface area contributed by atoms with Gasteiger partial charge in [-0.1, -0.05) is 13.8 Å². The van der Waals surface area contributed by atoms with E-state index in [-0.39, 0.29) is 29.2 Å². The molecule has 1 aromatic heterocycles. The van der Waals surface area contributed by atoms with Crippen molar-refractivity contribution in [2.24, 2.45) is 13.0 Å². The van der Waals surface area contributed by atoms with Crippen LogP contribution in [0, 0.1) is 5.92 Å². The van der Waals surface area contributed by atoms with Gasteiger partial charge in [0.1, 0.15) is 5.56 Å². The molecule has 1 amide bonds. The van der Waals surface area contributed by atoms with Crippen LogP contribution in [0.1, 0.15) is 30.6 Å². The number of morpholine rings is 1. The quantitative estimate of drug-likeness (QED) is 0.887. The molecule has 0 spiro atoms. The zero-order valence-electron chi connectivity index (χ0n) is 14.0. The number of rotatable bonds is 3. The number of aryl methyl sites for hydroxylation is 1. The molecule has 3 atom stereocenters. The average Bonchev–Trinajstić information content (AvgIpc) is 2.90. The molecule has 23 heavy (non-hydrogen) atoms. The molecule has 3 heterocycles. The van der Waals surface area contributed by atoms with E-state index in [0.717, 1.165) is 26.1 Å². The Kier molecular flexibility index (Phi) is 4.55. The Balaban J connectivity index is 1.63. The number of carbonyl (C=O) groups is 1. The summed E-state index contributed by atoms with van der Waals surface area (Å²) in [5.41, 5.74) is -0.0555. The zero-order valence-corrected chi connectivity index (χ0v) is 14.0. The van der Waals surface area contributed by atoms with Crippen LogP contribution in [-0.2, 0) is 11.8 Å². The molecule has 126 valence electrons. The highest BCUT2D eigenvalue weighted by atomic mass is 16.5. The fourth-order valence-electron chi connectivity index (χ4n) is 3.44. The lowest BCUT2D eigenvalue weighted by atomic mass is 10.0. The van der Waals surface area contributed by atoms with Crippen molar-refractivity contribution in [3.8, 4) is 0 Å². The second-order valence-electron chi connectivity index (χ2n) is 6.97. The van der Waals surface area contributed by atoms with Crippen molar-refractivity contribution in [3.63, 3.8) is 0 Å². The van der Waals surface area contributed by atoms with Gasteiger partial charge in [0.05, 0.1) is 12.7 Å². The second-order valence-corrected chi connectivity index (χ2v) is 6.97. The first-order valence-corrected chi connectivity index (χ1v) is 8.28. The summed E-state index contributed by atoms with van der Waals surface area (Å²) in [5, 5.41) is 3.01. The molecule has 6 nitrogen and oxygen atoms in total. The predicted molar refractivity (Wildman–Crippen MR) is 87.5 cm³/mol. The molecule has 3 rings (SSSR count). The smallest absolute Gasteiger partial charge is 0.263 e. The lowest BCUT2D eigenvalue weighted by molar-refractivity contribution is -0.0683. The molecule has 6 heteroatoms. The van der Waals surface area contributed by atoms with E-state index in [9.17, 15) is 9.59 Å². The number of ether oxygens (including phenoxy) is 1. The van der Waals surface area contributed by atoms with Crippen molar-refractivity contribution in [2.45, 2.75) is 38.5 Å². The van der Waals surface area contributed by atoms with Crippen LogP contribution in [0.5, 0.6) is 0 Å². The van der Waals surface area contributed by atoms with E-state index < -0.39 is 0 Å². The van der Waals surface area contributed by atoms with E-state index in [4.69, 9.17) is 4.74 Å². The minimum Gasteiger partial charge on any atom is -0.375 e. The molecule has 2 saturated heterocycles. The van der Waals surface area contributed by atoms with Crippen LogP contribution < -0.4 is 10.9 Å². The fourth-order valence-corrected chi connectivity index (χ4v) is 3.44. The van der Waals surface area contributed by atoms with Gasteiger partial charge in [-0.15, -0.1) is 0 Å². The Morgan fingerprint density at radius 3 is 2.91 bits per heavy atom. The van der Waals surface area contributed by atoms with Gasteiger partial charge in [-0.05, 0) is 24.5 Å². The predicted octanol–water partition coefficient (Wildman–Crippen LogP) is 0.613. The topological polar surface area (TPSA) is 63.6 Å². The zero-order chi connectivity index (χ0) is 16.6. The molecule has 1 aromatic rings. The van der Waals surface area contributed by atoms with Crippen LogP contribution in [0.25, 0.3) is 0 Å². The molecular weight excluding hydrogens is 294 g/mol. The van der Waals surface area contributed by atoms with Gasteiger partial charge in [0.2, 0.25) is 0 Å². The highest BCUT2D eigenvalue weighted by molar-refractivity contribution is 5.94. The van der Waals surface area contributed by atoms with Gasteiger partial charge in [0.15, 0.2) is 0 Å². The van der Waals surface area contributed by atoms with Gasteiger partial charge in [-0.2, -0.15) is 0 Å². The number of hydrogen-bond donors (Lipinski definition) is 1. The van der Waals surface area contributed by atoms with Gasteiger partial charge >= 0.3 is 0 Å². The summed E-state index contributed by atoms with van der Waals surface area (Å²) in [5.74, 6) is 0.217. The van der Waals surface area contributed by atoms with Crippen molar-refractivity contribution in [1.82, 2.24) is 14.8 Å². The molecule has 2 aliphatic heterocycles. The van der Waals surface area contributed by atoms with E-state index in [0.29, 0.717) is 12.0 Å². The molecule has 0 aromatic carbocycles. The number of nitrogens with one attached hydrogen (secondary N) is 1. The fraction of sp³-hybridized carbons (Fsp3) is 0.647. The number of aromatic nitrogens is 1. The summed E-state index contributed by atoms with van der Waals surface area (Å²) in [6.07, 6.45) is 2.80. The SMILES string of the molecule is CC(C)[C@@H]1CN2C[C@H](NC(=O)c3cccn(C)c3=O)C[C@H]2CO1. The maximum Gasteiger partial charge on any atom is 0.263 e. The number of hydrogen-bond acceptors (Lipinski definition) is 4. The lowest BCUT2D eigenvalue weighted by Gasteiger charge is -2.36. The number of nitrogens with zero attached hydrogens (tertiary/aromatic N) is 2. The summed E-state index contributed by atoms with van der Waals surface area (Å²) in [7, 11) is 1.65. The van der Waals surface area contributed by atoms with Gasteiger partial charge in [0.25, 0.3) is 11.5 Å². The van der Waals surface area contributed by atoms with E-state index >= 15 is 0 Å². The van der Waals surface area contributed by atoms with Crippen molar-refractivity contribution in [3.05, 3.63) is 34.2 Å². The highest BCUT2D eigenvalue weighted by Gasteiger charge is 2.38. The lowest BCUT2D eigenvalue weighted by Crippen LogP contribution is -2.48. The molecule has 0 aliphatic carbocycles. The molecule has 1 N–H and O–H groups in total. The van der Waals surface area contributed by atoms with E-state index in [2.05, 4.69) is 24.1 Å². The van der Waals surface area contributed by atoms with Crippen LogP contribution in [0.2, 0.25) is 0 Å². The largest absolute Gasteiger partial charge is 0.375 e. The average molecular weight is 319 g/mol. The summed E-state index contributed by atoms with van der Waals surface area (Å²) in [4.78, 5) is 26.8. The Morgan fingerprint density at radius 1 is 1.39 bits per heavy atom. The summed E-state index contributed by atoms with van der Waals surface area (Å²) in [6, 6.07) is 3.74. The Hall–Kier alpha value is -1.66. The van der Waals surface area contributed by atoms with Crippen LogP contribution in [0.4, 0.5) is 0 Å². The van der Waals surface area contributed by atoms with Crippen molar-refractivity contribution in [2.75, 3.05) is 19.7 Å². The van der Waals surface area contributed by atoms with Crippen LogP contribution >= 0.6 is 0 Å². The van der Waals surface area contributed by atoms with Crippen LogP contribution in [0.3, 0.4) is 0 Å². The summed E-state index contributed by atoms with van der Waals surface area (Å²) in [6.45, 7) is 6.82.